The fourth-order valence-electron chi connectivity index (χ4n) is 4.03. The average Bonchev–Trinajstić information content (AvgIpc) is 3.22. The van der Waals surface area contributed by atoms with E-state index in [-0.39, 0.29) is 18.0 Å². The lowest BCUT2D eigenvalue weighted by Crippen LogP contribution is -2.32. The number of carbonyl (C=O) groups is 1. The first kappa shape index (κ1) is 20.6. The van der Waals surface area contributed by atoms with Crippen molar-refractivity contribution in [2.45, 2.75) is 13.1 Å². The summed E-state index contributed by atoms with van der Waals surface area (Å²) in [5.74, 6) is -0.191. The number of carbonyl (C=O) groups excluding carboxylic acids is 1. The number of benzene rings is 4. The molecule has 5 aromatic rings. The van der Waals surface area contributed by atoms with Crippen LogP contribution in [0, 0.1) is 5.82 Å². The molecule has 5 heteroatoms. The number of fused-ring (bicyclic) bond motifs is 1. The monoisotopic (exact) mass is 435 g/mol. The van der Waals surface area contributed by atoms with E-state index in [1.54, 1.807) is 17.0 Å². The highest BCUT2D eigenvalue weighted by Crippen LogP contribution is 2.24. The summed E-state index contributed by atoms with van der Waals surface area (Å²) in [5, 5.41) is 0. The first-order valence-corrected chi connectivity index (χ1v) is 10.8. The van der Waals surface area contributed by atoms with Gasteiger partial charge in [0.1, 0.15) is 11.6 Å². The lowest BCUT2D eigenvalue weighted by Gasteiger charge is -2.23. The summed E-state index contributed by atoms with van der Waals surface area (Å²) < 4.78 is 16.6. The van der Waals surface area contributed by atoms with Crippen LogP contribution in [0.4, 0.5) is 4.39 Å². The summed E-state index contributed by atoms with van der Waals surface area (Å²) in [5.41, 5.74) is 3.77. The molecule has 4 nitrogen and oxygen atoms in total. The van der Waals surface area contributed by atoms with Gasteiger partial charge >= 0.3 is 0 Å². The number of halogens is 1. The van der Waals surface area contributed by atoms with Crippen LogP contribution in [0.5, 0.6) is 0 Å². The van der Waals surface area contributed by atoms with Crippen LogP contribution in [-0.2, 0) is 13.1 Å². The molecule has 0 spiro atoms. The third-order valence-electron chi connectivity index (χ3n) is 5.58. The van der Waals surface area contributed by atoms with Gasteiger partial charge in [-0.25, -0.2) is 9.37 Å². The van der Waals surface area contributed by atoms with Crippen LogP contribution in [0.25, 0.3) is 16.7 Å². The van der Waals surface area contributed by atoms with Crippen molar-refractivity contribution in [3.05, 3.63) is 132 Å². The number of aromatic nitrogens is 2. The van der Waals surface area contributed by atoms with E-state index in [9.17, 15) is 9.18 Å². The van der Waals surface area contributed by atoms with Gasteiger partial charge in [-0.2, -0.15) is 0 Å². The molecule has 1 amide bonds. The van der Waals surface area contributed by atoms with E-state index in [4.69, 9.17) is 4.98 Å². The van der Waals surface area contributed by atoms with Crippen molar-refractivity contribution in [1.29, 1.82) is 0 Å². The average molecular weight is 436 g/mol. The quantitative estimate of drug-likeness (QED) is 0.328. The number of imidazole rings is 1. The molecule has 0 fully saturated rings. The van der Waals surface area contributed by atoms with Gasteiger partial charge in [0, 0.05) is 12.2 Å². The van der Waals surface area contributed by atoms with Gasteiger partial charge in [0.15, 0.2) is 0 Å². The molecule has 0 saturated carbocycles. The predicted octanol–water partition coefficient (Wildman–Crippen LogP) is 6.01. The largest absolute Gasteiger partial charge is 0.327 e. The molecule has 1 heterocycles. The van der Waals surface area contributed by atoms with Crippen molar-refractivity contribution in [1.82, 2.24) is 14.5 Å². The van der Waals surface area contributed by atoms with Crippen LogP contribution in [0.15, 0.2) is 109 Å². The number of rotatable bonds is 6. The Balaban J connectivity index is 1.60. The second kappa shape index (κ2) is 9.09. The van der Waals surface area contributed by atoms with Crippen LogP contribution in [0.2, 0.25) is 0 Å². The van der Waals surface area contributed by atoms with Crippen LogP contribution >= 0.6 is 0 Å². The maximum atomic E-state index is 14.5. The number of hydrogen-bond donors (Lipinski definition) is 0. The summed E-state index contributed by atoms with van der Waals surface area (Å²) in [6.45, 7) is 0.567. The molecule has 0 unspecified atom stereocenters. The zero-order valence-corrected chi connectivity index (χ0v) is 17.9. The zero-order chi connectivity index (χ0) is 22.6. The molecule has 4 aromatic carbocycles. The Bertz CT molecular complexity index is 1400. The van der Waals surface area contributed by atoms with Gasteiger partial charge in [-0.3, -0.25) is 9.36 Å². The standard InChI is InChI=1S/C28H22FN3O/c29-24-16-8-7-15-23(24)28(33)31(19-21-11-3-1-4-12-21)20-27-30-25-17-9-10-18-26(25)32(27)22-13-5-2-6-14-22/h1-18H,19-20H2. The Kier molecular flexibility index (Phi) is 5.68. The van der Waals surface area contributed by atoms with Crippen molar-refractivity contribution in [3.63, 3.8) is 0 Å². The minimum Gasteiger partial charge on any atom is -0.327 e. The summed E-state index contributed by atoms with van der Waals surface area (Å²) >= 11 is 0. The first-order valence-electron chi connectivity index (χ1n) is 10.8. The van der Waals surface area contributed by atoms with Crippen molar-refractivity contribution in [2.75, 3.05) is 0 Å². The van der Waals surface area contributed by atoms with Gasteiger partial charge in [-0.15, -0.1) is 0 Å². The Labute approximate surface area is 191 Å². The second-order valence-corrected chi connectivity index (χ2v) is 7.81. The number of para-hydroxylation sites is 3. The van der Waals surface area contributed by atoms with E-state index in [0.29, 0.717) is 12.4 Å². The lowest BCUT2D eigenvalue weighted by atomic mass is 10.1. The molecule has 1 aromatic heterocycles. The number of hydrogen-bond acceptors (Lipinski definition) is 2. The van der Waals surface area contributed by atoms with E-state index in [2.05, 4.69) is 4.57 Å². The smallest absolute Gasteiger partial charge is 0.257 e. The minimum absolute atomic E-state index is 0.0517. The van der Waals surface area contributed by atoms with Gasteiger partial charge in [-0.1, -0.05) is 72.8 Å². The molecule has 33 heavy (non-hydrogen) atoms. The van der Waals surface area contributed by atoms with Crippen molar-refractivity contribution in [3.8, 4) is 5.69 Å². The molecule has 0 aliphatic heterocycles. The van der Waals surface area contributed by atoms with Crippen molar-refractivity contribution >= 4 is 16.9 Å². The van der Waals surface area contributed by atoms with Crippen molar-refractivity contribution < 1.29 is 9.18 Å². The normalized spacial score (nSPS) is 10.9. The van der Waals surface area contributed by atoms with E-state index in [0.717, 1.165) is 22.3 Å². The van der Waals surface area contributed by atoms with Gasteiger partial charge in [0.2, 0.25) is 0 Å². The Morgan fingerprint density at radius 2 is 1.39 bits per heavy atom. The highest BCUT2D eigenvalue weighted by molar-refractivity contribution is 5.94. The third-order valence-corrected chi connectivity index (χ3v) is 5.58. The zero-order valence-electron chi connectivity index (χ0n) is 17.9. The maximum absolute atomic E-state index is 14.5. The van der Waals surface area contributed by atoms with E-state index < -0.39 is 5.82 Å². The van der Waals surface area contributed by atoms with E-state index >= 15 is 0 Å². The molecule has 0 N–H and O–H groups in total. The number of nitrogens with zero attached hydrogens (tertiary/aromatic N) is 3. The molecular weight excluding hydrogens is 413 g/mol. The molecule has 0 aliphatic carbocycles. The van der Waals surface area contributed by atoms with E-state index in [1.807, 2.05) is 84.9 Å². The lowest BCUT2D eigenvalue weighted by molar-refractivity contribution is 0.0720. The Morgan fingerprint density at radius 3 is 2.15 bits per heavy atom. The van der Waals surface area contributed by atoms with Gasteiger partial charge in [0.05, 0.1) is 23.1 Å². The van der Waals surface area contributed by atoms with Crippen LogP contribution in [0.3, 0.4) is 0 Å². The summed E-state index contributed by atoms with van der Waals surface area (Å²) in [4.78, 5) is 20.0. The predicted molar refractivity (Wildman–Crippen MR) is 127 cm³/mol. The fourth-order valence-corrected chi connectivity index (χ4v) is 4.03. The SMILES string of the molecule is O=C(c1ccccc1F)N(Cc1ccccc1)Cc1nc2ccccc2n1-c1ccccc1. The van der Waals surface area contributed by atoms with Gasteiger partial charge < -0.3 is 4.90 Å². The van der Waals surface area contributed by atoms with Crippen LogP contribution < -0.4 is 0 Å². The number of amides is 1. The van der Waals surface area contributed by atoms with E-state index in [1.165, 1.54) is 12.1 Å². The second-order valence-electron chi connectivity index (χ2n) is 7.81. The topological polar surface area (TPSA) is 38.1 Å². The maximum Gasteiger partial charge on any atom is 0.257 e. The van der Waals surface area contributed by atoms with Gasteiger partial charge in [-0.05, 0) is 42.0 Å². The molecular formula is C28H22FN3O. The first-order chi connectivity index (χ1) is 16.2. The molecule has 0 aliphatic rings. The molecule has 0 bridgehead atoms. The molecule has 0 saturated heterocycles. The molecule has 5 rings (SSSR count). The molecule has 0 radical (unpaired) electrons. The molecule has 0 atom stereocenters. The highest BCUT2D eigenvalue weighted by atomic mass is 19.1. The Morgan fingerprint density at radius 1 is 0.758 bits per heavy atom. The molecule has 162 valence electrons. The summed E-state index contributed by atoms with van der Waals surface area (Å²) in [6.07, 6.45) is 0. The van der Waals surface area contributed by atoms with Gasteiger partial charge in [0.25, 0.3) is 5.91 Å². The highest BCUT2D eigenvalue weighted by Gasteiger charge is 2.23. The summed E-state index contributed by atoms with van der Waals surface area (Å²) in [6, 6.07) is 33.6. The third kappa shape index (κ3) is 4.26. The Hall–Kier alpha value is -4.25. The van der Waals surface area contributed by atoms with Crippen molar-refractivity contribution in [2.24, 2.45) is 0 Å². The van der Waals surface area contributed by atoms with Crippen LogP contribution in [0.1, 0.15) is 21.7 Å². The minimum atomic E-state index is -0.530. The summed E-state index contributed by atoms with van der Waals surface area (Å²) in [7, 11) is 0. The van der Waals surface area contributed by atoms with Crippen LogP contribution in [-0.4, -0.2) is 20.4 Å². The fraction of sp³-hybridized carbons (Fsp3) is 0.0714.